The van der Waals surface area contributed by atoms with Crippen molar-refractivity contribution in [2.24, 2.45) is 0 Å². The third-order valence-corrected chi connectivity index (χ3v) is 4.97. The lowest BCUT2D eigenvalue weighted by Gasteiger charge is -2.12. The van der Waals surface area contributed by atoms with E-state index in [1.165, 1.54) is 76.2 Å². The van der Waals surface area contributed by atoms with Gasteiger partial charge in [-0.2, -0.15) is 0 Å². The number of nitrogens with one attached hydrogen (secondary N) is 1. The third kappa shape index (κ3) is 11.0. The van der Waals surface area contributed by atoms with Crippen LogP contribution < -0.4 is 5.32 Å². The Morgan fingerprint density at radius 3 is 1.83 bits per heavy atom. The maximum Gasteiger partial charge on any atom is 0.101 e. The van der Waals surface area contributed by atoms with Gasteiger partial charge in [-0.25, -0.2) is 0 Å². The molecule has 0 aliphatic carbocycles. The molecule has 0 heterocycles. The Morgan fingerprint density at radius 1 is 0.750 bits per heavy atom. The molecule has 1 atom stereocenters. The fourth-order valence-corrected chi connectivity index (χ4v) is 3.43. The average Bonchev–Trinajstić information content (AvgIpc) is 2.58. The smallest absolute Gasteiger partial charge is 0.101 e. The van der Waals surface area contributed by atoms with Crippen LogP contribution in [0.25, 0.3) is 0 Å². The normalized spacial score (nSPS) is 12.3. The highest BCUT2D eigenvalue weighted by Gasteiger charge is 2.02. The Labute approximate surface area is 155 Å². The average molecular weight is 352 g/mol. The number of hydrogen-bond acceptors (Lipinski definition) is 1. The fourth-order valence-electron chi connectivity index (χ4n) is 3.09. The molecule has 138 valence electrons. The molecule has 0 radical (unpaired) electrons. The van der Waals surface area contributed by atoms with Crippen LogP contribution in [0.2, 0.25) is 0 Å². The first-order valence-corrected chi connectivity index (χ1v) is 10.7. The molecule has 2 heteroatoms. The largest absolute Gasteiger partial charge is 0.369 e. The molecule has 24 heavy (non-hydrogen) atoms. The standard InChI is InChI=1S/C22H38ClN/c1-3-5-6-7-8-9-10-11-12-13-15-20-16-18-21(19-17-20)24-22(23)14-4-2/h16-19,22,24H,3-15H2,1-2H3. The van der Waals surface area contributed by atoms with Gasteiger partial charge < -0.3 is 5.32 Å². The molecule has 1 nitrogen and oxygen atoms in total. The van der Waals surface area contributed by atoms with Crippen molar-refractivity contribution < 1.29 is 0 Å². The van der Waals surface area contributed by atoms with E-state index in [2.05, 4.69) is 43.4 Å². The number of unbranched alkanes of at least 4 members (excludes halogenated alkanes) is 9. The van der Waals surface area contributed by atoms with Crippen molar-refractivity contribution in [1.29, 1.82) is 0 Å². The molecule has 1 unspecified atom stereocenters. The van der Waals surface area contributed by atoms with Crippen LogP contribution in [0.5, 0.6) is 0 Å². The molecule has 0 bridgehead atoms. The molecular weight excluding hydrogens is 314 g/mol. The fraction of sp³-hybridized carbons (Fsp3) is 0.727. The van der Waals surface area contributed by atoms with Gasteiger partial charge in [0.25, 0.3) is 0 Å². The Bertz CT molecular complexity index is 387. The van der Waals surface area contributed by atoms with Gasteiger partial charge in [0, 0.05) is 5.69 Å². The van der Waals surface area contributed by atoms with Gasteiger partial charge in [-0.15, -0.1) is 0 Å². The highest BCUT2D eigenvalue weighted by molar-refractivity contribution is 6.21. The first-order valence-electron chi connectivity index (χ1n) is 10.3. The zero-order chi connectivity index (χ0) is 17.5. The highest BCUT2D eigenvalue weighted by atomic mass is 35.5. The second-order valence-electron chi connectivity index (χ2n) is 7.03. The van der Waals surface area contributed by atoms with Gasteiger partial charge in [0.2, 0.25) is 0 Å². The van der Waals surface area contributed by atoms with E-state index in [9.17, 15) is 0 Å². The van der Waals surface area contributed by atoms with Gasteiger partial charge in [0.15, 0.2) is 0 Å². The predicted octanol–water partition coefficient (Wildman–Crippen LogP) is 7.93. The molecule has 0 amide bonds. The van der Waals surface area contributed by atoms with E-state index < -0.39 is 0 Å². The minimum Gasteiger partial charge on any atom is -0.369 e. The van der Waals surface area contributed by atoms with Crippen molar-refractivity contribution in [1.82, 2.24) is 0 Å². The van der Waals surface area contributed by atoms with Crippen LogP contribution in [-0.2, 0) is 6.42 Å². The molecule has 1 aromatic rings. The Kier molecular flexibility index (Phi) is 13.0. The van der Waals surface area contributed by atoms with E-state index in [-0.39, 0.29) is 5.50 Å². The van der Waals surface area contributed by atoms with E-state index in [4.69, 9.17) is 11.6 Å². The third-order valence-electron chi connectivity index (χ3n) is 4.64. The molecule has 1 rings (SSSR count). The van der Waals surface area contributed by atoms with Gasteiger partial charge in [-0.3, -0.25) is 0 Å². The van der Waals surface area contributed by atoms with Gasteiger partial charge in [0.1, 0.15) is 5.50 Å². The van der Waals surface area contributed by atoms with Crippen LogP contribution in [0, 0.1) is 0 Å². The molecule has 1 aromatic carbocycles. The lowest BCUT2D eigenvalue weighted by atomic mass is 10.0. The number of halogens is 1. The summed E-state index contributed by atoms with van der Waals surface area (Å²) in [7, 11) is 0. The molecule has 0 aliphatic rings. The number of hydrogen-bond donors (Lipinski definition) is 1. The van der Waals surface area contributed by atoms with E-state index in [1.807, 2.05) is 0 Å². The first kappa shape index (κ1) is 21.4. The molecule has 0 spiro atoms. The number of rotatable bonds is 15. The summed E-state index contributed by atoms with van der Waals surface area (Å²) < 4.78 is 0. The van der Waals surface area contributed by atoms with Gasteiger partial charge in [0.05, 0.1) is 0 Å². The molecule has 0 aromatic heterocycles. The predicted molar refractivity (Wildman–Crippen MR) is 110 cm³/mol. The number of anilines is 1. The summed E-state index contributed by atoms with van der Waals surface area (Å²) in [6.07, 6.45) is 17.3. The second kappa shape index (κ2) is 14.6. The molecule has 0 fully saturated rings. The van der Waals surface area contributed by atoms with Crippen molar-refractivity contribution in [2.45, 2.75) is 103 Å². The van der Waals surface area contributed by atoms with Crippen molar-refractivity contribution >= 4 is 17.3 Å². The quantitative estimate of drug-likeness (QED) is 0.192. The maximum absolute atomic E-state index is 6.22. The topological polar surface area (TPSA) is 12.0 Å². The lowest BCUT2D eigenvalue weighted by molar-refractivity contribution is 0.556. The van der Waals surface area contributed by atoms with Gasteiger partial charge >= 0.3 is 0 Å². The SMILES string of the molecule is CCCCCCCCCCCCc1ccc(NC(Cl)CCC)cc1. The van der Waals surface area contributed by atoms with Crippen molar-refractivity contribution in [2.75, 3.05) is 5.32 Å². The van der Waals surface area contributed by atoms with E-state index in [0.29, 0.717) is 0 Å². The minimum absolute atomic E-state index is 0.0443. The van der Waals surface area contributed by atoms with E-state index in [0.717, 1.165) is 18.5 Å². The summed E-state index contributed by atoms with van der Waals surface area (Å²) in [5, 5.41) is 3.34. The summed E-state index contributed by atoms with van der Waals surface area (Å²) in [6.45, 7) is 4.44. The summed E-state index contributed by atoms with van der Waals surface area (Å²) in [5.41, 5.74) is 2.62. The number of aryl methyl sites for hydroxylation is 1. The minimum atomic E-state index is 0.0443. The zero-order valence-electron chi connectivity index (χ0n) is 16.0. The molecule has 0 saturated heterocycles. The molecule has 1 N–H and O–H groups in total. The van der Waals surface area contributed by atoms with E-state index in [1.54, 1.807) is 0 Å². The Balaban J connectivity index is 2.03. The summed E-state index contributed by atoms with van der Waals surface area (Å²) in [5.74, 6) is 0. The van der Waals surface area contributed by atoms with Crippen molar-refractivity contribution in [3.8, 4) is 0 Å². The molecular formula is C22H38ClN. The van der Waals surface area contributed by atoms with Crippen LogP contribution in [0.15, 0.2) is 24.3 Å². The zero-order valence-corrected chi connectivity index (χ0v) is 16.7. The van der Waals surface area contributed by atoms with Crippen LogP contribution in [-0.4, -0.2) is 5.50 Å². The van der Waals surface area contributed by atoms with Crippen LogP contribution >= 0.6 is 11.6 Å². The highest BCUT2D eigenvalue weighted by Crippen LogP contribution is 2.16. The molecule has 0 aliphatic heterocycles. The summed E-state index contributed by atoms with van der Waals surface area (Å²) >= 11 is 6.22. The summed E-state index contributed by atoms with van der Waals surface area (Å²) in [4.78, 5) is 0. The Hall–Kier alpha value is -0.690. The van der Waals surface area contributed by atoms with E-state index >= 15 is 0 Å². The van der Waals surface area contributed by atoms with Crippen LogP contribution in [0.3, 0.4) is 0 Å². The number of benzene rings is 1. The van der Waals surface area contributed by atoms with Crippen molar-refractivity contribution in [3.63, 3.8) is 0 Å². The van der Waals surface area contributed by atoms with Gasteiger partial charge in [-0.1, -0.05) is 102 Å². The first-order chi connectivity index (χ1) is 11.8. The molecule has 0 saturated carbocycles. The maximum atomic E-state index is 6.22. The lowest BCUT2D eigenvalue weighted by Crippen LogP contribution is -2.11. The van der Waals surface area contributed by atoms with Gasteiger partial charge in [-0.05, 0) is 37.0 Å². The van der Waals surface area contributed by atoms with Crippen LogP contribution in [0.1, 0.15) is 96.5 Å². The van der Waals surface area contributed by atoms with Crippen molar-refractivity contribution in [3.05, 3.63) is 29.8 Å². The number of alkyl halides is 1. The van der Waals surface area contributed by atoms with Crippen LogP contribution in [0.4, 0.5) is 5.69 Å². The Morgan fingerprint density at radius 2 is 1.29 bits per heavy atom. The second-order valence-corrected chi connectivity index (χ2v) is 7.56. The monoisotopic (exact) mass is 351 g/mol. The summed E-state index contributed by atoms with van der Waals surface area (Å²) in [6, 6.07) is 8.81.